The Hall–Kier alpha value is -2.56. The average molecular weight is 566 g/mol. The minimum Gasteiger partial charge on any atom is -0.461 e. The second kappa shape index (κ2) is 11.0. The molecular weight excluding hydrogens is 526 g/mol. The zero-order valence-electron chi connectivity index (χ0n) is 23.6. The van der Waals surface area contributed by atoms with Crippen LogP contribution < -0.4 is 5.19 Å². The van der Waals surface area contributed by atoms with Crippen LogP contribution >= 0.6 is 0 Å². The summed E-state index contributed by atoms with van der Waals surface area (Å²) in [6.45, 7) is 8.10. The Morgan fingerprint density at radius 1 is 0.975 bits per heavy atom. The van der Waals surface area contributed by atoms with Crippen LogP contribution in [0.1, 0.15) is 51.0 Å². The number of hydrogen-bond acceptors (Lipinski definition) is 8. The molecule has 0 amide bonds. The zero-order chi connectivity index (χ0) is 28.0. The monoisotopic (exact) mass is 565 g/mol. The fourth-order valence-corrected chi connectivity index (χ4v) is 10.4. The van der Waals surface area contributed by atoms with Crippen molar-refractivity contribution in [3.8, 4) is 0 Å². The van der Waals surface area contributed by atoms with Gasteiger partial charge in [-0.1, -0.05) is 97.0 Å². The largest absolute Gasteiger partial charge is 0.461 e. The molecule has 0 bridgehead atoms. The smallest absolute Gasteiger partial charge is 0.338 e. The molecule has 3 heterocycles. The Kier molecular flexibility index (Phi) is 7.60. The quantitative estimate of drug-likeness (QED) is 0.360. The van der Waals surface area contributed by atoms with Crippen molar-refractivity contribution >= 4 is 25.2 Å². The molecular formula is C31H39NO7Si. The van der Waals surface area contributed by atoms with Gasteiger partial charge in [0, 0.05) is 11.5 Å². The molecule has 4 fully saturated rings. The third-order valence-corrected chi connectivity index (χ3v) is 13.1. The predicted octanol–water partition coefficient (Wildman–Crippen LogP) is 4.46. The van der Waals surface area contributed by atoms with E-state index in [0.717, 1.165) is 25.7 Å². The van der Waals surface area contributed by atoms with Crippen LogP contribution in [0.4, 0.5) is 0 Å². The van der Waals surface area contributed by atoms with E-state index in [0.29, 0.717) is 0 Å². The van der Waals surface area contributed by atoms with Gasteiger partial charge >= 0.3 is 11.9 Å². The molecule has 0 spiro atoms. The van der Waals surface area contributed by atoms with Gasteiger partial charge in [0.15, 0.2) is 12.4 Å². The van der Waals surface area contributed by atoms with Crippen molar-refractivity contribution in [1.29, 1.82) is 0 Å². The first kappa shape index (κ1) is 27.6. The first-order valence-electron chi connectivity index (χ1n) is 14.6. The lowest BCUT2D eigenvalue weighted by Crippen LogP contribution is -2.63. The second-order valence-corrected chi connectivity index (χ2v) is 17.0. The van der Waals surface area contributed by atoms with E-state index >= 15 is 0 Å². The lowest BCUT2D eigenvalue weighted by molar-refractivity contribution is -0.446. The van der Waals surface area contributed by atoms with Crippen LogP contribution in [-0.4, -0.2) is 62.0 Å². The zero-order valence-corrected chi connectivity index (χ0v) is 24.6. The van der Waals surface area contributed by atoms with Gasteiger partial charge < -0.3 is 14.2 Å². The molecule has 9 heteroatoms. The van der Waals surface area contributed by atoms with Crippen LogP contribution in [0, 0.1) is 5.92 Å². The van der Waals surface area contributed by atoms with Crippen molar-refractivity contribution in [3.05, 3.63) is 66.2 Å². The third kappa shape index (κ3) is 4.92. The molecule has 6 rings (SSSR count). The number of rotatable bonds is 7. The maximum absolute atomic E-state index is 13.3. The maximum Gasteiger partial charge on any atom is 0.338 e. The van der Waals surface area contributed by atoms with Crippen molar-refractivity contribution in [2.45, 2.75) is 101 Å². The van der Waals surface area contributed by atoms with Crippen molar-refractivity contribution in [3.63, 3.8) is 0 Å². The SMILES string of the molecule is CC(C)OC(=O)[C@@H]1ON2O[C@H](O[C@@H]3CCCC[C@H]3c3ccccc3)[C@@H]([Si](C)(C)c3ccccc3)[C@H]3OC(=O)[C@@H]1[C@H]32. The number of carbonyl (C=O) groups excluding carboxylic acids is 2. The lowest BCUT2D eigenvalue weighted by Gasteiger charge is -2.48. The average Bonchev–Trinajstić information content (AvgIpc) is 3.50. The Morgan fingerprint density at radius 3 is 2.35 bits per heavy atom. The molecule has 40 heavy (non-hydrogen) atoms. The van der Waals surface area contributed by atoms with Gasteiger partial charge in [-0.15, -0.1) is 0 Å². The number of nitrogens with zero attached hydrogens (tertiary/aromatic N) is 1. The topological polar surface area (TPSA) is 83.5 Å². The Morgan fingerprint density at radius 2 is 1.65 bits per heavy atom. The van der Waals surface area contributed by atoms with Crippen molar-refractivity contribution in [2.24, 2.45) is 5.92 Å². The van der Waals surface area contributed by atoms with E-state index in [4.69, 9.17) is 23.9 Å². The molecule has 2 aromatic carbocycles. The first-order valence-corrected chi connectivity index (χ1v) is 17.6. The van der Waals surface area contributed by atoms with Gasteiger partial charge in [0.05, 0.1) is 20.3 Å². The van der Waals surface area contributed by atoms with E-state index in [1.807, 2.05) is 24.3 Å². The molecule has 8 atom stereocenters. The molecule has 0 aromatic heterocycles. The molecule has 0 unspecified atom stereocenters. The maximum atomic E-state index is 13.3. The van der Waals surface area contributed by atoms with Gasteiger partial charge in [-0.2, -0.15) is 0 Å². The molecule has 3 saturated heterocycles. The summed E-state index contributed by atoms with van der Waals surface area (Å²) < 4.78 is 18.5. The summed E-state index contributed by atoms with van der Waals surface area (Å²) in [5, 5.41) is 2.55. The second-order valence-electron chi connectivity index (χ2n) is 12.3. The third-order valence-electron chi connectivity index (χ3n) is 9.05. The molecule has 0 radical (unpaired) electrons. The Balaban J connectivity index is 1.36. The van der Waals surface area contributed by atoms with Gasteiger partial charge in [0.2, 0.25) is 0 Å². The van der Waals surface area contributed by atoms with Crippen LogP contribution in [0.5, 0.6) is 0 Å². The summed E-state index contributed by atoms with van der Waals surface area (Å²) in [6.07, 6.45) is 1.44. The van der Waals surface area contributed by atoms with E-state index in [1.165, 1.54) is 16.0 Å². The molecule has 4 aliphatic rings. The summed E-state index contributed by atoms with van der Waals surface area (Å²) in [4.78, 5) is 38.8. The highest BCUT2D eigenvalue weighted by molar-refractivity contribution is 6.91. The van der Waals surface area contributed by atoms with E-state index in [1.54, 1.807) is 13.8 Å². The molecule has 8 nitrogen and oxygen atoms in total. The molecule has 3 aliphatic heterocycles. The molecule has 2 aromatic rings. The van der Waals surface area contributed by atoms with E-state index in [-0.39, 0.29) is 23.7 Å². The molecule has 214 valence electrons. The van der Waals surface area contributed by atoms with Crippen molar-refractivity contribution in [2.75, 3.05) is 0 Å². The van der Waals surface area contributed by atoms with E-state index in [2.05, 4.69) is 49.5 Å². The number of benzene rings is 2. The standard InChI is InChI=1S/C31H39NO7Si/c1-19(2)35-30(34)26-24-25-27(37-29(24)33)28(40(3,4)21-15-9-6-10-16-21)31(39-32(25)38-26)36-23-18-12-11-17-22(23)20-13-7-5-8-14-20/h5-10,13-16,19,22-28,31H,11-12,17-18H2,1-4H3/t22-,23+,24+,25+,26+,27-,28-,31-/m0/s1. The van der Waals surface area contributed by atoms with Gasteiger partial charge in [-0.3, -0.25) is 9.63 Å². The summed E-state index contributed by atoms with van der Waals surface area (Å²) in [7, 11) is -2.38. The van der Waals surface area contributed by atoms with Crippen LogP contribution in [0.25, 0.3) is 0 Å². The highest BCUT2D eigenvalue weighted by Gasteiger charge is 2.69. The lowest BCUT2D eigenvalue weighted by atomic mass is 9.81. The fraction of sp³-hybridized carbons (Fsp3) is 0.548. The summed E-state index contributed by atoms with van der Waals surface area (Å²) in [6, 6.07) is 20.4. The van der Waals surface area contributed by atoms with Gasteiger partial charge in [-0.25, -0.2) is 9.63 Å². The van der Waals surface area contributed by atoms with Crippen molar-refractivity contribution < 1.29 is 33.5 Å². The van der Waals surface area contributed by atoms with Crippen LogP contribution in [0.2, 0.25) is 18.6 Å². The minimum atomic E-state index is -2.38. The molecule has 1 aliphatic carbocycles. The number of hydroxylamine groups is 2. The van der Waals surface area contributed by atoms with Gasteiger partial charge in [-0.05, 0) is 32.3 Å². The van der Waals surface area contributed by atoms with Crippen LogP contribution in [0.15, 0.2) is 60.7 Å². The number of esters is 2. The van der Waals surface area contributed by atoms with E-state index in [9.17, 15) is 9.59 Å². The first-order chi connectivity index (χ1) is 19.3. The Bertz CT molecular complexity index is 1210. The number of ether oxygens (including phenoxy) is 3. The number of carbonyl (C=O) groups is 2. The minimum absolute atomic E-state index is 0.0574. The summed E-state index contributed by atoms with van der Waals surface area (Å²) in [5.41, 5.74) is 1.05. The van der Waals surface area contributed by atoms with Gasteiger partial charge in [0.1, 0.15) is 18.1 Å². The van der Waals surface area contributed by atoms with Crippen LogP contribution in [-0.2, 0) is 33.5 Å². The highest BCUT2D eigenvalue weighted by atomic mass is 28.3. The normalized spacial score (nSPS) is 34.0. The number of hydrogen-bond donors (Lipinski definition) is 0. The summed E-state index contributed by atoms with van der Waals surface area (Å²) >= 11 is 0. The summed E-state index contributed by atoms with van der Waals surface area (Å²) in [5.74, 6) is -1.60. The van der Waals surface area contributed by atoms with Gasteiger partial charge in [0.25, 0.3) is 0 Å². The fourth-order valence-electron chi connectivity index (χ4n) is 7.05. The Labute approximate surface area is 236 Å². The predicted molar refractivity (Wildman–Crippen MR) is 150 cm³/mol. The van der Waals surface area contributed by atoms with Crippen molar-refractivity contribution in [1.82, 2.24) is 5.23 Å². The molecule has 1 saturated carbocycles. The van der Waals surface area contributed by atoms with E-state index < -0.39 is 50.5 Å². The highest BCUT2D eigenvalue weighted by Crippen LogP contribution is 2.51. The molecule has 0 N–H and O–H groups in total. The van der Waals surface area contributed by atoms with Crippen LogP contribution in [0.3, 0.4) is 0 Å².